The molecule has 2 unspecified atom stereocenters. The van der Waals surface area contributed by atoms with Crippen LogP contribution in [0, 0.1) is 12.8 Å². The molecule has 3 rings (SSSR count). The number of hydrogen-bond donors (Lipinski definition) is 1. The predicted octanol–water partition coefficient (Wildman–Crippen LogP) is 1.90. The first-order valence-corrected chi connectivity index (χ1v) is 8.05. The molecule has 0 aromatic carbocycles. The van der Waals surface area contributed by atoms with Crippen LogP contribution in [0.3, 0.4) is 0 Å². The predicted molar refractivity (Wildman–Crippen MR) is 83.4 cm³/mol. The second-order valence-corrected chi connectivity index (χ2v) is 6.67. The summed E-state index contributed by atoms with van der Waals surface area (Å²) in [6.07, 6.45) is 5.08. The van der Waals surface area contributed by atoms with E-state index in [0.29, 0.717) is 18.1 Å². The monoisotopic (exact) mass is 290 g/mol. The lowest BCUT2D eigenvalue weighted by Crippen LogP contribution is -2.43. The van der Waals surface area contributed by atoms with Crippen LogP contribution in [-0.2, 0) is 11.3 Å². The zero-order valence-corrected chi connectivity index (χ0v) is 13.3. The van der Waals surface area contributed by atoms with Crippen LogP contribution in [0.2, 0.25) is 0 Å². The zero-order chi connectivity index (χ0) is 14.8. The molecule has 2 fully saturated rings. The Bertz CT molecular complexity index is 479. The molecule has 116 valence electrons. The summed E-state index contributed by atoms with van der Waals surface area (Å²) in [5.74, 6) is 1.52. The van der Waals surface area contributed by atoms with E-state index in [1.165, 1.54) is 18.4 Å². The summed E-state index contributed by atoms with van der Waals surface area (Å²) < 4.78 is 5.87. The third kappa shape index (κ3) is 3.52. The van der Waals surface area contributed by atoms with Crippen LogP contribution in [0.15, 0.2) is 6.20 Å². The van der Waals surface area contributed by atoms with Crippen molar-refractivity contribution in [1.82, 2.24) is 15.3 Å². The molecular weight excluding hydrogens is 264 g/mol. The van der Waals surface area contributed by atoms with E-state index in [1.807, 2.05) is 6.20 Å². The van der Waals surface area contributed by atoms with E-state index in [4.69, 9.17) is 9.72 Å². The van der Waals surface area contributed by atoms with Gasteiger partial charge >= 0.3 is 0 Å². The average Bonchev–Trinajstić information content (AvgIpc) is 2.79. The molecule has 5 nitrogen and oxygen atoms in total. The second-order valence-electron chi connectivity index (χ2n) is 6.67. The minimum Gasteiger partial charge on any atom is -0.371 e. The molecule has 0 aliphatic carbocycles. The largest absolute Gasteiger partial charge is 0.371 e. The number of rotatable bonds is 5. The molecule has 1 N–H and O–H groups in total. The first-order valence-electron chi connectivity index (χ1n) is 8.05. The minimum absolute atomic E-state index is 0.375. The van der Waals surface area contributed by atoms with Crippen LogP contribution in [0.5, 0.6) is 0 Å². The lowest BCUT2D eigenvalue weighted by atomic mass is 10.2. The van der Waals surface area contributed by atoms with Gasteiger partial charge in [-0.3, -0.25) is 0 Å². The minimum atomic E-state index is 0.375. The van der Waals surface area contributed by atoms with E-state index in [2.05, 4.69) is 36.0 Å². The van der Waals surface area contributed by atoms with Gasteiger partial charge in [-0.25, -0.2) is 9.97 Å². The highest BCUT2D eigenvalue weighted by atomic mass is 16.5. The van der Waals surface area contributed by atoms with E-state index in [0.717, 1.165) is 37.8 Å². The van der Waals surface area contributed by atoms with Crippen LogP contribution in [-0.4, -0.2) is 41.8 Å². The van der Waals surface area contributed by atoms with Gasteiger partial charge < -0.3 is 15.0 Å². The Labute approximate surface area is 127 Å². The number of anilines is 1. The molecule has 1 aromatic rings. The number of morpholine rings is 1. The summed E-state index contributed by atoms with van der Waals surface area (Å²) in [5.41, 5.74) is 2.27. The maximum absolute atomic E-state index is 5.87. The smallest absolute Gasteiger partial charge is 0.225 e. The number of nitrogens with one attached hydrogen (secondary N) is 1. The standard InChI is InChI=1S/C16H26N4O/c1-11(2)6-17-7-13-8-18-16(19-12(13)3)20-9-14-4-5-15(10-20)21-14/h8,11,14-15,17H,4-7,9-10H2,1-3H3. The summed E-state index contributed by atoms with van der Waals surface area (Å²) in [6.45, 7) is 10.2. The number of aryl methyl sites for hydroxylation is 1. The summed E-state index contributed by atoms with van der Waals surface area (Å²) in [4.78, 5) is 11.6. The van der Waals surface area contributed by atoms with Crippen molar-refractivity contribution in [2.75, 3.05) is 24.5 Å². The Morgan fingerprint density at radius 3 is 2.67 bits per heavy atom. The van der Waals surface area contributed by atoms with Gasteiger partial charge in [0.25, 0.3) is 0 Å². The first kappa shape index (κ1) is 14.7. The molecule has 2 atom stereocenters. The highest BCUT2D eigenvalue weighted by Gasteiger charge is 2.34. The molecule has 2 aliphatic rings. The lowest BCUT2D eigenvalue weighted by Gasteiger charge is -2.32. The van der Waals surface area contributed by atoms with E-state index in [-0.39, 0.29) is 0 Å². The highest BCUT2D eigenvalue weighted by molar-refractivity contribution is 5.34. The SMILES string of the molecule is Cc1nc(N2CC3CCC(C2)O3)ncc1CNCC(C)C. The van der Waals surface area contributed by atoms with Gasteiger partial charge in [-0.1, -0.05) is 13.8 Å². The normalized spacial score (nSPS) is 24.9. The van der Waals surface area contributed by atoms with Gasteiger partial charge in [0, 0.05) is 37.1 Å². The topological polar surface area (TPSA) is 50.3 Å². The second kappa shape index (κ2) is 6.28. The van der Waals surface area contributed by atoms with Crippen molar-refractivity contribution in [2.24, 2.45) is 5.92 Å². The van der Waals surface area contributed by atoms with Gasteiger partial charge in [0.05, 0.1) is 12.2 Å². The van der Waals surface area contributed by atoms with Crippen molar-refractivity contribution in [3.05, 3.63) is 17.5 Å². The molecule has 3 heterocycles. The molecule has 0 radical (unpaired) electrons. The molecule has 0 amide bonds. The molecular formula is C16H26N4O. The van der Waals surface area contributed by atoms with Gasteiger partial charge in [-0.2, -0.15) is 0 Å². The van der Waals surface area contributed by atoms with Gasteiger partial charge in [0.1, 0.15) is 0 Å². The number of nitrogens with zero attached hydrogens (tertiary/aromatic N) is 3. The van der Waals surface area contributed by atoms with Gasteiger partial charge in [0.2, 0.25) is 5.95 Å². The van der Waals surface area contributed by atoms with E-state index >= 15 is 0 Å². The molecule has 5 heteroatoms. The summed E-state index contributed by atoms with van der Waals surface area (Å²) in [5, 5.41) is 3.45. The van der Waals surface area contributed by atoms with E-state index < -0.39 is 0 Å². The van der Waals surface area contributed by atoms with Crippen molar-refractivity contribution < 1.29 is 4.74 Å². The molecule has 2 saturated heterocycles. The van der Waals surface area contributed by atoms with Crippen molar-refractivity contribution >= 4 is 5.95 Å². The number of aromatic nitrogens is 2. The Balaban J connectivity index is 1.63. The fourth-order valence-electron chi connectivity index (χ4n) is 3.08. The quantitative estimate of drug-likeness (QED) is 0.897. The lowest BCUT2D eigenvalue weighted by molar-refractivity contribution is 0.0299. The van der Waals surface area contributed by atoms with Crippen molar-refractivity contribution in [2.45, 2.75) is 52.4 Å². The third-order valence-corrected chi connectivity index (χ3v) is 4.26. The summed E-state index contributed by atoms with van der Waals surface area (Å²) >= 11 is 0. The maximum atomic E-state index is 5.87. The van der Waals surface area contributed by atoms with Crippen molar-refractivity contribution in [3.63, 3.8) is 0 Å². The van der Waals surface area contributed by atoms with Crippen LogP contribution in [0.4, 0.5) is 5.95 Å². The Kier molecular flexibility index (Phi) is 4.40. The van der Waals surface area contributed by atoms with Crippen LogP contribution >= 0.6 is 0 Å². The third-order valence-electron chi connectivity index (χ3n) is 4.26. The number of ether oxygens (including phenoxy) is 1. The molecule has 2 aliphatic heterocycles. The fraction of sp³-hybridized carbons (Fsp3) is 0.750. The molecule has 0 saturated carbocycles. The molecule has 1 aromatic heterocycles. The molecule has 2 bridgehead atoms. The van der Waals surface area contributed by atoms with E-state index in [9.17, 15) is 0 Å². The van der Waals surface area contributed by atoms with E-state index in [1.54, 1.807) is 0 Å². The highest BCUT2D eigenvalue weighted by Crippen LogP contribution is 2.28. The molecule has 0 spiro atoms. The average molecular weight is 290 g/mol. The van der Waals surface area contributed by atoms with Crippen LogP contribution < -0.4 is 10.2 Å². The number of hydrogen-bond acceptors (Lipinski definition) is 5. The van der Waals surface area contributed by atoms with Gasteiger partial charge in [-0.15, -0.1) is 0 Å². The van der Waals surface area contributed by atoms with Gasteiger partial charge in [-0.05, 0) is 32.2 Å². The van der Waals surface area contributed by atoms with Crippen molar-refractivity contribution in [1.29, 1.82) is 0 Å². The Hall–Kier alpha value is -1.20. The summed E-state index contributed by atoms with van der Waals surface area (Å²) in [6, 6.07) is 0. The van der Waals surface area contributed by atoms with Gasteiger partial charge in [0.15, 0.2) is 0 Å². The zero-order valence-electron chi connectivity index (χ0n) is 13.3. The molecule has 21 heavy (non-hydrogen) atoms. The summed E-state index contributed by atoms with van der Waals surface area (Å²) in [7, 11) is 0. The maximum Gasteiger partial charge on any atom is 0.225 e. The van der Waals surface area contributed by atoms with Crippen LogP contribution in [0.25, 0.3) is 0 Å². The van der Waals surface area contributed by atoms with Crippen LogP contribution in [0.1, 0.15) is 37.9 Å². The first-order chi connectivity index (χ1) is 10.1. The Morgan fingerprint density at radius 1 is 1.33 bits per heavy atom. The fourth-order valence-corrected chi connectivity index (χ4v) is 3.08. The van der Waals surface area contributed by atoms with Crippen molar-refractivity contribution in [3.8, 4) is 0 Å². The number of fused-ring (bicyclic) bond motifs is 2. The Morgan fingerprint density at radius 2 is 2.05 bits per heavy atom.